The molecule has 1 aliphatic rings. The lowest BCUT2D eigenvalue weighted by atomic mass is 9.74. The van der Waals surface area contributed by atoms with E-state index in [-0.39, 0.29) is 12.0 Å². The van der Waals surface area contributed by atoms with E-state index in [0.29, 0.717) is 18.9 Å². The van der Waals surface area contributed by atoms with Gasteiger partial charge in [-0.25, -0.2) is 8.78 Å². The predicted octanol–water partition coefficient (Wildman–Crippen LogP) is 2.09. The molecule has 19 heavy (non-hydrogen) atoms. The van der Waals surface area contributed by atoms with Gasteiger partial charge in [-0.3, -0.25) is 9.59 Å². The van der Waals surface area contributed by atoms with Crippen molar-refractivity contribution in [1.82, 2.24) is 5.32 Å². The first-order valence-corrected chi connectivity index (χ1v) is 5.91. The van der Waals surface area contributed by atoms with Crippen LogP contribution in [-0.4, -0.2) is 22.5 Å². The molecule has 102 valence electrons. The lowest BCUT2D eigenvalue weighted by Crippen LogP contribution is -2.54. The van der Waals surface area contributed by atoms with Crippen LogP contribution in [0.5, 0.6) is 0 Å². The molecular weight excluding hydrogens is 256 g/mol. The second-order valence-electron chi connectivity index (χ2n) is 4.78. The van der Waals surface area contributed by atoms with Crippen LogP contribution in [0.2, 0.25) is 0 Å². The maximum atomic E-state index is 13.4. The molecule has 0 heterocycles. The van der Waals surface area contributed by atoms with Crippen LogP contribution < -0.4 is 5.32 Å². The minimum atomic E-state index is -1.01. The van der Waals surface area contributed by atoms with Crippen molar-refractivity contribution in [3.63, 3.8) is 0 Å². The van der Waals surface area contributed by atoms with Crippen molar-refractivity contribution >= 4 is 11.9 Å². The van der Waals surface area contributed by atoms with E-state index in [4.69, 9.17) is 5.11 Å². The fourth-order valence-corrected chi connectivity index (χ4v) is 2.22. The predicted molar refractivity (Wildman–Crippen MR) is 62.7 cm³/mol. The molecule has 0 saturated heterocycles. The summed E-state index contributed by atoms with van der Waals surface area (Å²) in [6.45, 7) is 0. The summed E-state index contributed by atoms with van der Waals surface area (Å²) in [5, 5.41) is 11.4. The van der Waals surface area contributed by atoms with Crippen LogP contribution in [0.4, 0.5) is 8.78 Å². The quantitative estimate of drug-likeness (QED) is 0.879. The number of benzene rings is 1. The lowest BCUT2D eigenvalue weighted by Gasteiger charge is -2.41. The number of carbonyl (C=O) groups excluding carboxylic acids is 1. The van der Waals surface area contributed by atoms with Gasteiger partial charge in [0.25, 0.3) is 5.91 Å². The molecule has 1 amide bonds. The third-order valence-corrected chi connectivity index (χ3v) is 3.35. The molecule has 0 spiro atoms. The highest BCUT2D eigenvalue weighted by molar-refractivity contribution is 5.95. The highest BCUT2D eigenvalue weighted by atomic mass is 19.1. The molecule has 0 unspecified atom stereocenters. The van der Waals surface area contributed by atoms with Gasteiger partial charge in [0.2, 0.25) is 0 Å². The van der Waals surface area contributed by atoms with Gasteiger partial charge in [0, 0.05) is 6.07 Å². The summed E-state index contributed by atoms with van der Waals surface area (Å²) in [5.41, 5.74) is -1.08. The van der Waals surface area contributed by atoms with Gasteiger partial charge in [0.1, 0.15) is 11.6 Å². The van der Waals surface area contributed by atoms with Gasteiger partial charge < -0.3 is 10.4 Å². The monoisotopic (exact) mass is 269 g/mol. The summed E-state index contributed by atoms with van der Waals surface area (Å²) in [5.74, 6) is -3.45. The Bertz CT molecular complexity index is 527. The molecule has 4 nitrogen and oxygen atoms in total. The Balaban J connectivity index is 2.13. The number of carbonyl (C=O) groups is 2. The summed E-state index contributed by atoms with van der Waals surface area (Å²) in [7, 11) is 0. The van der Waals surface area contributed by atoms with Crippen LogP contribution in [-0.2, 0) is 4.79 Å². The van der Waals surface area contributed by atoms with Crippen LogP contribution in [0.25, 0.3) is 0 Å². The van der Waals surface area contributed by atoms with Gasteiger partial charge in [-0.15, -0.1) is 0 Å². The first-order valence-electron chi connectivity index (χ1n) is 5.91. The van der Waals surface area contributed by atoms with E-state index < -0.39 is 29.0 Å². The molecule has 0 aromatic heterocycles. The van der Waals surface area contributed by atoms with Gasteiger partial charge in [0.15, 0.2) is 0 Å². The van der Waals surface area contributed by atoms with Crippen LogP contribution in [0.3, 0.4) is 0 Å². The maximum absolute atomic E-state index is 13.4. The summed E-state index contributed by atoms with van der Waals surface area (Å²) >= 11 is 0. The minimum absolute atomic E-state index is 0.193. The number of nitrogens with one attached hydrogen (secondary N) is 1. The van der Waals surface area contributed by atoms with Crippen LogP contribution in [0.15, 0.2) is 18.2 Å². The van der Waals surface area contributed by atoms with Gasteiger partial charge in [-0.2, -0.15) is 0 Å². The van der Waals surface area contributed by atoms with Crippen molar-refractivity contribution in [2.24, 2.45) is 0 Å². The molecule has 0 bridgehead atoms. The van der Waals surface area contributed by atoms with Crippen molar-refractivity contribution in [2.45, 2.75) is 31.2 Å². The second-order valence-corrected chi connectivity index (χ2v) is 4.78. The molecule has 2 N–H and O–H groups in total. The number of halogens is 2. The molecule has 1 aromatic carbocycles. The Hall–Kier alpha value is -1.98. The second kappa shape index (κ2) is 4.95. The third kappa shape index (κ3) is 2.89. The van der Waals surface area contributed by atoms with Crippen molar-refractivity contribution in [1.29, 1.82) is 0 Å². The van der Waals surface area contributed by atoms with E-state index in [2.05, 4.69) is 5.32 Å². The molecular formula is C13H13F2NO3. The zero-order valence-electron chi connectivity index (χ0n) is 10.1. The number of hydrogen-bond donors (Lipinski definition) is 2. The zero-order chi connectivity index (χ0) is 14.0. The first-order chi connectivity index (χ1) is 8.92. The van der Waals surface area contributed by atoms with Gasteiger partial charge in [-0.05, 0) is 31.4 Å². The van der Waals surface area contributed by atoms with E-state index in [9.17, 15) is 18.4 Å². The van der Waals surface area contributed by atoms with Gasteiger partial charge in [0.05, 0.1) is 17.5 Å². The van der Waals surface area contributed by atoms with Crippen molar-refractivity contribution < 1.29 is 23.5 Å². The molecule has 1 fully saturated rings. The lowest BCUT2D eigenvalue weighted by molar-refractivity contribution is -0.139. The highest BCUT2D eigenvalue weighted by Gasteiger charge is 2.40. The molecule has 2 rings (SSSR count). The van der Waals surface area contributed by atoms with E-state index >= 15 is 0 Å². The van der Waals surface area contributed by atoms with Crippen molar-refractivity contribution in [3.8, 4) is 0 Å². The summed E-state index contributed by atoms with van der Waals surface area (Å²) in [4.78, 5) is 22.7. The fraction of sp³-hybridized carbons (Fsp3) is 0.385. The van der Waals surface area contributed by atoms with E-state index in [1.807, 2.05) is 0 Å². The van der Waals surface area contributed by atoms with E-state index in [1.165, 1.54) is 0 Å². The SMILES string of the molecule is O=C(O)CC1(NC(=O)c2ccc(F)cc2F)CCC1. The molecule has 0 radical (unpaired) electrons. The third-order valence-electron chi connectivity index (χ3n) is 3.35. The summed E-state index contributed by atoms with van der Waals surface area (Å²) in [6, 6.07) is 2.66. The average molecular weight is 269 g/mol. The number of amides is 1. The Morgan fingerprint density at radius 2 is 2.00 bits per heavy atom. The standard InChI is InChI=1S/C13H13F2NO3/c14-8-2-3-9(10(15)6-8)12(19)16-13(4-1-5-13)7-11(17)18/h2-3,6H,1,4-5,7H2,(H,16,19)(H,17,18). The Morgan fingerprint density at radius 1 is 1.32 bits per heavy atom. The fourth-order valence-electron chi connectivity index (χ4n) is 2.22. The van der Waals surface area contributed by atoms with E-state index in [1.54, 1.807) is 0 Å². The van der Waals surface area contributed by atoms with Gasteiger partial charge in [-0.1, -0.05) is 0 Å². The topological polar surface area (TPSA) is 66.4 Å². The van der Waals surface area contributed by atoms with Crippen LogP contribution in [0, 0.1) is 11.6 Å². The first kappa shape index (κ1) is 13.5. The average Bonchev–Trinajstić information content (AvgIpc) is 2.25. The van der Waals surface area contributed by atoms with Crippen molar-refractivity contribution in [3.05, 3.63) is 35.4 Å². The number of rotatable bonds is 4. The van der Waals surface area contributed by atoms with E-state index in [0.717, 1.165) is 18.6 Å². The van der Waals surface area contributed by atoms with Crippen LogP contribution in [0.1, 0.15) is 36.0 Å². The summed E-state index contributed by atoms with van der Waals surface area (Å²) < 4.78 is 26.2. The Kier molecular flexibility index (Phi) is 3.50. The van der Waals surface area contributed by atoms with Crippen molar-refractivity contribution in [2.75, 3.05) is 0 Å². The molecule has 1 aromatic rings. The molecule has 0 atom stereocenters. The smallest absolute Gasteiger partial charge is 0.305 e. The van der Waals surface area contributed by atoms with Gasteiger partial charge >= 0.3 is 5.97 Å². The Morgan fingerprint density at radius 3 is 2.47 bits per heavy atom. The minimum Gasteiger partial charge on any atom is -0.481 e. The zero-order valence-corrected chi connectivity index (χ0v) is 10.1. The molecule has 0 aliphatic heterocycles. The number of carboxylic acids is 1. The maximum Gasteiger partial charge on any atom is 0.305 e. The number of hydrogen-bond acceptors (Lipinski definition) is 2. The van der Waals surface area contributed by atoms with Crippen LogP contribution >= 0.6 is 0 Å². The normalized spacial score (nSPS) is 16.5. The largest absolute Gasteiger partial charge is 0.481 e. The molecule has 1 saturated carbocycles. The highest BCUT2D eigenvalue weighted by Crippen LogP contribution is 2.35. The molecule has 6 heteroatoms. The molecule has 1 aliphatic carbocycles. The summed E-state index contributed by atoms with van der Waals surface area (Å²) in [6.07, 6.45) is 1.72. The Labute approximate surface area is 108 Å². The number of carboxylic acid groups (broad SMARTS) is 1. The number of aliphatic carboxylic acids is 1.